The molecule has 0 amide bonds. The number of aliphatic hydroxyl groups is 1. The van der Waals surface area contributed by atoms with E-state index in [4.69, 9.17) is 9.47 Å². The molecule has 0 saturated carbocycles. The maximum atomic E-state index is 13.6. The number of aliphatic hydroxyl groups excluding tert-OH is 1. The summed E-state index contributed by atoms with van der Waals surface area (Å²) >= 11 is 0. The molecule has 1 N–H and O–H groups in total. The van der Waals surface area contributed by atoms with Crippen LogP contribution in [0.2, 0.25) is 0 Å². The Labute approximate surface area is 261 Å². The topological polar surface area (TPSA) is 41.9 Å². The average Bonchev–Trinajstić information content (AvgIpc) is 3.45. The molecule has 4 aromatic rings. The van der Waals surface area contributed by atoms with Gasteiger partial charge in [0.1, 0.15) is 24.8 Å². The summed E-state index contributed by atoms with van der Waals surface area (Å²) in [7, 11) is 0. The van der Waals surface area contributed by atoms with E-state index in [1.54, 1.807) is 12.1 Å². The molecule has 4 aromatic carbocycles. The van der Waals surface area contributed by atoms with E-state index >= 15 is 0 Å². The number of rotatable bonds is 14. The number of nitrogens with zero attached hydrogens (tertiary/aromatic N) is 1. The van der Waals surface area contributed by atoms with Crippen molar-refractivity contribution in [3.8, 4) is 5.75 Å². The van der Waals surface area contributed by atoms with E-state index in [2.05, 4.69) is 73.0 Å². The quantitative estimate of drug-likeness (QED) is 0.159. The smallest absolute Gasteiger partial charge is 0.186 e. The number of unbranched alkanes of at least 4 members (excludes halogenated alkanes) is 1. The van der Waals surface area contributed by atoms with Gasteiger partial charge in [-0.2, -0.15) is 0 Å². The van der Waals surface area contributed by atoms with Crippen molar-refractivity contribution in [2.24, 2.45) is 5.92 Å². The zero-order valence-corrected chi connectivity index (χ0v) is 25.4. The SMILES string of the molecule is C=C1OCC(c2ccccc2)N1C(=CCCC)C(CCC(O)c1ccc(F)cc1)Cc1ccc(OCc2ccccc2)cc1. The Kier molecular flexibility index (Phi) is 10.9. The van der Waals surface area contributed by atoms with Crippen LogP contribution in [0.4, 0.5) is 4.39 Å². The minimum atomic E-state index is -0.692. The fourth-order valence-corrected chi connectivity index (χ4v) is 5.80. The third kappa shape index (κ3) is 8.18. The molecule has 1 saturated heterocycles. The molecule has 228 valence electrons. The van der Waals surface area contributed by atoms with E-state index in [0.29, 0.717) is 25.5 Å². The predicted octanol–water partition coefficient (Wildman–Crippen LogP) is 9.31. The molecule has 1 aliphatic heterocycles. The average molecular weight is 592 g/mol. The second-order valence-electron chi connectivity index (χ2n) is 11.4. The molecule has 5 heteroatoms. The van der Waals surface area contributed by atoms with Crippen LogP contribution in [0.1, 0.15) is 67.0 Å². The monoisotopic (exact) mass is 591 g/mol. The molecule has 1 heterocycles. The summed E-state index contributed by atoms with van der Waals surface area (Å²) in [5, 5.41) is 11.1. The molecule has 0 bridgehead atoms. The van der Waals surface area contributed by atoms with Gasteiger partial charge in [0.15, 0.2) is 5.88 Å². The van der Waals surface area contributed by atoms with Crippen LogP contribution in [0.5, 0.6) is 5.75 Å². The number of ether oxygens (including phenoxy) is 2. The highest BCUT2D eigenvalue weighted by atomic mass is 19.1. The van der Waals surface area contributed by atoms with Crippen LogP contribution in [0.25, 0.3) is 0 Å². The van der Waals surface area contributed by atoms with Gasteiger partial charge >= 0.3 is 0 Å². The summed E-state index contributed by atoms with van der Waals surface area (Å²) in [6.45, 7) is 7.53. The molecule has 1 fully saturated rings. The van der Waals surface area contributed by atoms with Gasteiger partial charge in [0.25, 0.3) is 0 Å². The first-order valence-corrected chi connectivity index (χ1v) is 15.6. The van der Waals surface area contributed by atoms with E-state index in [1.165, 1.54) is 29.0 Å². The normalized spacial score (nSPS) is 16.4. The number of hydrogen-bond acceptors (Lipinski definition) is 4. The lowest BCUT2D eigenvalue weighted by molar-refractivity contribution is 0.155. The first-order chi connectivity index (χ1) is 21.5. The van der Waals surface area contributed by atoms with Crippen molar-refractivity contribution in [3.05, 3.63) is 162 Å². The van der Waals surface area contributed by atoms with Crippen molar-refractivity contribution in [2.75, 3.05) is 6.61 Å². The van der Waals surface area contributed by atoms with Crippen LogP contribution in [0, 0.1) is 11.7 Å². The van der Waals surface area contributed by atoms with Crippen molar-refractivity contribution < 1.29 is 19.0 Å². The summed E-state index contributed by atoms with van der Waals surface area (Å²) in [5.74, 6) is 1.25. The van der Waals surface area contributed by atoms with Crippen LogP contribution < -0.4 is 4.74 Å². The standard InChI is InChI=1S/C39H42FNO3/c1-3-4-15-37(41-29(2)43-28-38(41)32-13-9-6-10-14-32)34(20-25-39(42)33-18-21-35(40)22-19-33)26-30-16-23-36(24-17-30)44-27-31-11-7-5-8-12-31/h5-19,21-24,34,38-39,42H,2-4,20,25-28H2,1H3. The Bertz CT molecular complexity index is 1490. The summed E-state index contributed by atoms with van der Waals surface area (Å²) in [6, 6.07) is 35.0. The summed E-state index contributed by atoms with van der Waals surface area (Å²) in [4.78, 5) is 2.26. The maximum absolute atomic E-state index is 13.6. The van der Waals surface area contributed by atoms with Crippen LogP contribution in [0.3, 0.4) is 0 Å². The van der Waals surface area contributed by atoms with E-state index in [0.717, 1.165) is 42.6 Å². The van der Waals surface area contributed by atoms with E-state index < -0.39 is 6.10 Å². The van der Waals surface area contributed by atoms with Crippen LogP contribution in [-0.4, -0.2) is 16.6 Å². The third-order valence-electron chi connectivity index (χ3n) is 8.21. The fraction of sp³-hybridized carbons (Fsp3) is 0.282. The molecule has 0 radical (unpaired) electrons. The number of allylic oxidation sites excluding steroid dienone is 2. The van der Waals surface area contributed by atoms with Crippen molar-refractivity contribution in [2.45, 2.75) is 57.8 Å². The van der Waals surface area contributed by atoms with Gasteiger partial charge in [-0.25, -0.2) is 4.39 Å². The van der Waals surface area contributed by atoms with Gasteiger partial charge in [0, 0.05) is 11.6 Å². The van der Waals surface area contributed by atoms with Crippen molar-refractivity contribution >= 4 is 0 Å². The van der Waals surface area contributed by atoms with Crippen LogP contribution in [0.15, 0.2) is 133 Å². The highest BCUT2D eigenvalue weighted by molar-refractivity contribution is 5.31. The van der Waals surface area contributed by atoms with Crippen LogP contribution >= 0.6 is 0 Å². The Morgan fingerprint density at radius 2 is 1.61 bits per heavy atom. The van der Waals surface area contributed by atoms with Gasteiger partial charge < -0.3 is 19.5 Å². The number of hydrogen-bond donors (Lipinski definition) is 1. The highest BCUT2D eigenvalue weighted by Crippen LogP contribution is 2.41. The molecule has 1 aliphatic rings. The molecule has 0 spiro atoms. The van der Waals surface area contributed by atoms with Gasteiger partial charge in [-0.1, -0.05) is 104 Å². The zero-order chi connectivity index (χ0) is 30.7. The minimum Gasteiger partial charge on any atom is -0.489 e. The Morgan fingerprint density at radius 1 is 0.932 bits per heavy atom. The van der Waals surface area contributed by atoms with Gasteiger partial charge in [-0.05, 0) is 78.8 Å². The minimum absolute atomic E-state index is 0.0186. The molecule has 4 nitrogen and oxygen atoms in total. The molecule has 0 aliphatic carbocycles. The Hall–Kier alpha value is -4.35. The maximum Gasteiger partial charge on any atom is 0.186 e. The largest absolute Gasteiger partial charge is 0.489 e. The van der Waals surface area contributed by atoms with E-state index in [9.17, 15) is 9.50 Å². The van der Waals surface area contributed by atoms with Crippen molar-refractivity contribution in [3.63, 3.8) is 0 Å². The Morgan fingerprint density at radius 3 is 2.30 bits per heavy atom. The molecule has 3 atom stereocenters. The van der Waals surface area contributed by atoms with Gasteiger partial charge in [0.05, 0.1) is 12.1 Å². The Balaban J connectivity index is 1.40. The zero-order valence-electron chi connectivity index (χ0n) is 25.4. The molecular formula is C39H42FNO3. The molecular weight excluding hydrogens is 549 g/mol. The summed E-state index contributed by atoms with van der Waals surface area (Å²) < 4.78 is 25.7. The van der Waals surface area contributed by atoms with Crippen molar-refractivity contribution in [1.29, 1.82) is 0 Å². The fourth-order valence-electron chi connectivity index (χ4n) is 5.80. The lowest BCUT2D eigenvalue weighted by Crippen LogP contribution is -2.28. The molecule has 3 unspecified atom stereocenters. The lowest BCUT2D eigenvalue weighted by atomic mass is 9.87. The first-order valence-electron chi connectivity index (χ1n) is 15.6. The first kappa shape index (κ1) is 31.1. The van der Waals surface area contributed by atoms with E-state index in [-0.39, 0.29) is 17.8 Å². The number of halogens is 1. The van der Waals surface area contributed by atoms with E-state index in [1.807, 2.05) is 36.4 Å². The molecule has 5 rings (SSSR count). The molecule has 0 aromatic heterocycles. The number of benzene rings is 4. The van der Waals surface area contributed by atoms with Crippen LogP contribution in [-0.2, 0) is 17.8 Å². The highest BCUT2D eigenvalue weighted by Gasteiger charge is 2.35. The third-order valence-corrected chi connectivity index (χ3v) is 8.21. The van der Waals surface area contributed by atoms with Gasteiger partial charge in [0.2, 0.25) is 0 Å². The summed E-state index contributed by atoms with van der Waals surface area (Å²) in [5.41, 5.74) is 5.38. The lowest BCUT2D eigenvalue weighted by Gasteiger charge is -2.33. The summed E-state index contributed by atoms with van der Waals surface area (Å²) in [6.07, 6.45) is 5.60. The van der Waals surface area contributed by atoms with Crippen molar-refractivity contribution in [1.82, 2.24) is 4.90 Å². The van der Waals surface area contributed by atoms with Gasteiger partial charge in [-0.3, -0.25) is 0 Å². The second kappa shape index (κ2) is 15.4. The second-order valence-corrected chi connectivity index (χ2v) is 11.4. The molecule has 44 heavy (non-hydrogen) atoms. The predicted molar refractivity (Wildman–Crippen MR) is 174 cm³/mol. The van der Waals surface area contributed by atoms with Gasteiger partial charge in [-0.15, -0.1) is 0 Å².